The van der Waals surface area contributed by atoms with Crippen LogP contribution in [0, 0.1) is 11.3 Å². The van der Waals surface area contributed by atoms with E-state index in [9.17, 15) is 15.0 Å². The predicted octanol–water partition coefficient (Wildman–Crippen LogP) is 7.46. The van der Waals surface area contributed by atoms with Gasteiger partial charge in [-0.15, -0.1) is 5.10 Å². The van der Waals surface area contributed by atoms with Gasteiger partial charge in [0.25, 0.3) is 0 Å². The maximum absolute atomic E-state index is 14.2. The lowest BCUT2D eigenvalue weighted by Crippen LogP contribution is -2.46. The van der Waals surface area contributed by atoms with Crippen molar-refractivity contribution in [3.8, 4) is 11.4 Å². The van der Waals surface area contributed by atoms with Gasteiger partial charge in [-0.3, -0.25) is 14.9 Å². The maximum atomic E-state index is 14.2. The summed E-state index contributed by atoms with van der Waals surface area (Å²) in [6.07, 6.45) is 15.9. The minimum Gasteiger partial charge on any atom is -0.393 e. The molecule has 0 spiro atoms. The van der Waals surface area contributed by atoms with Crippen molar-refractivity contribution in [2.75, 3.05) is 5.75 Å². The number of carbonyl (C=O) groups is 1. The van der Waals surface area contributed by atoms with E-state index in [1.54, 1.807) is 12.4 Å². The van der Waals surface area contributed by atoms with Gasteiger partial charge in [0.15, 0.2) is 11.6 Å². The monoisotopic (exact) mass is 614 g/mol. The number of ketones is 1. The van der Waals surface area contributed by atoms with Gasteiger partial charge >= 0.3 is 0 Å². The Morgan fingerprint density at radius 3 is 2.66 bits per heavy atom. The van der Waals surface area contributed by atoms with Gasteiger partial charge in [-0.05, 0) is 100.0 Å². The topological polar surface area (TPSA) is 112 Å². The van der Waals surface area contributed by atoms with Crippen molar-refractivity contribution in [2.45, 2.75) is 114 Å². The lowest BCUT2D eigenvalue weighted by atomic mass is 9.65. The van der Waals surface area contributed by atoms with Crippen LogP contribution in [0.25, 0.3) is 11.4 Å². The number of thioether (sulfide) groups is 1. The molecule has 2 heterocycles. The molecule has 3 N–H and O–H groups in total. The van der Waals surface area contributed by atoms with Crippen molar-refractivity contribution >= 4 is 17.5 Å². The molecule has 0 radical (unpaired) electrons. The van der Waals surface area contributed by atoms with E-state index in [1.165, 1.54) is 23.8 Å². The van der Waals surface area contributed by atoms with E-state index in [2.05, 4.69) is 53.3 Å². The van der Waals surface area contributed by atoms with Gasteiger partial charge < -0.3 is 10.2 Å². The van der Waals surface area contributed by atoms with Gasteiger partial charge in [-0.25, -0.2) is 4.98 Å². The highest BCUT2D eigenvalue weighted by molar-refractivity contribution is 7.99. The zero-order valence-corrected chi connectivity index (χ0v) is 26.9. The van der Waals surface area contributed by atoms with Crippen LogP contribution in [0.15, 0.2) is 59.5 Å². The van der Waals surface area contributed by atoms with Crippen LogP contribution in [-0.2, 0) is 6.42 Å². The van der Waals surface area contributed by atoms with Gasteiger partial charge in [-0.2, -0.15) is 0 Å². The second-order valence-corrected chi connectivity index (χ2v) is 14.6. The number of Topliss-reactive ketones (excluding diaryl/α,β-unsaturated/α-hetero) is 1. The molecule has 8 heteroatoms. The van der Waals surface area contributed by atoms with E-state index >= 15 is 0 Å². The summed E-state index contributed by atoms with van der Waals surface area (Å²) >= 11 is 1.50. The lowest BCUT2D eigenvalue weighted by Gasteiger charge is -2.44. The number of aliphatic hydroxyl groups excluding tert-OH is 1. The van der Waals surface area contributed by atoms with Crippen LogP contribution >= 0.6 is 11.8 Å². The van der Waals surface area contributed by atoms with Crippen molar-refractivity contribution in [1.82, 2.24) is 20.2 Å². The van der Waals surface area contributed by atoms with E-state index in [0.717, 1.165) is 73.6 Å². The summed E-state index contributed by atoms with van der Waals surface area (Å²) in [5, 5.41) is 31.5. The molecule has 7 nitrogen and oxygen atoms in total. The van der Waals surface area contributed by atoms with Crippen molar-refractivity contribution in [3.05, 3.63) is 71.1 Å². The normalized spacial score (nSPS) is 28.3. The van der Waals surface area contributed by atoms with E-state index in [1.807, 2.05) is 12.1 Å². The summed E-state index contributed by atoms with van der Waals surface area (Å²) < 4.78 is 0. The zero-order valence-electron chi connectivity index (χ0n) is 26.1. The highest BCUT2D eigenvalue weighted by Crippen LogP contribution is 2.59. The molecule has 7 rings (SSSR count). The van der Waals surface area contributed by atoms with E-state index in [0.29, 0.717) is 36.0 Å². The molecular formula is C36H46N4O3S. The smallest absolute Gasteiger partial charge is 0.208 e. The Morgan fingerprint density at radius 1 is 1.07 bits per heavy atom. The first kappa shape index (κ1) is 31.2. The first-order valence-electron chi connectivity index (χ1n) is 16.4. The summed E-state index contributed by atoms with van der Waals surface area (Å²) in [4.78, 5) is 23.0. The molecule has 4 aliphatic carbocycles. The van der Waals surface area contributed by atoms with E-state index in [4.69, 9.17) is 4.98 Å². The molecule has 2 aromatic heterocycles. The maximum Gasteiger partial charge on any atom is 0.208 e. The Kier molecular flexibility index (Phi) is 9.41. The van der Waals surface area contributed by atoms with Crippen LogP contribution in [-0.4, -0.2) is 53.6 Å². The second kappa shape index (κ2) is 13.3. The van der Waals surface area contributed by atoms with Gasteiger partial charge in [-0.1, -0.05) is 61.7 Å². The van der Waals surface area contributed by atoms with Crippen molar-refractivity contribution < 1.29 is 15.0 Å². The highest BCUT2D eigenvalue weighted by Gasteiger charge is 2.57. The molecule has 4 aliphatic rings. The Bertz CT molecular complexity index is 1480. The number of carbonyl (C=O) groups excluding carboxylic acids is 1. The average molecular weight is 615 g/mol. The number of nitrogens with one attached hydrogen (secondary N) is 1. The molecule has 4 atom stereocenters. The summed E-state index contributed by atoms with van der Waals surface area (Å²) in [5.74, 6) is 1.54. The zero-order chi connectivity index (χ0) is 30.7. The van der Waals surface area contributed by atoms with Crippen LogP contribution in [0.5, 0.6) is 0 Å². The first-order chi connectivity index (χ1) is 21.3. The first-order valence-corrected chi connectivity index (χ1v) is 17.4. The number of aromatic amines is 1. The molecular weight excluding hydrogens is 568 g/mol. The number of H-pyrrole nitrogens is 1. The van der Waals surface area contributed by atoms with Gasteiger partial charge in [0.2, 0.25) is 5.16 Å². The Hall–Kier alpha value is -2.81. The van der Waals surface area contributed by atoms with Crippen LogP contribution in [0.2, 0.25) is 0 Å². The molecule has 0 aliphatic heterocycles. The number of allylic oxidation sites excluding steroid dienone is 2. The van der Waals surface area contributed by atoms with Crippen LogP contribution in [0.3, 0.4) is 0 Å². The summed E-state index contributed by atoms with van der Waals surface area (Å²) in [5.41, 5.74) is 3.73. The van der Waals surface area contributed by atoms with Crippen molar-refractivity contribution in [1.29, 1.82) is 0 Å². The Labute approximate surface area is 265 Å². The number of nitrogens with zero attached hydrogens (tertiary/aromatic N) is 3. The molecule has 2 saturated carbocycles. The standard InChI is InChI=1S/C36H46N4O3S/c1-24-7-6-17-35(2)31(14-18-36(35,43)23-44-34-38-33(39-40-34)27-15-19-37-20-16-27)29-13-11-25(21-28(41)12-10-24)22-30(29)32(42)26-8-4-3-5-9-26/h7,11,13,15-16,19-20,22,26,28,31,41,43H,3-6,8-10,12,14,17-18,21,23H2,1-2H3,(H,38,39,40)/t28-,31-,35-,36+/m0/s1. The molecule has 44 heavy (non-hydrogen) atoms. The molecule has 3 aromatic rings. The predicted molar refractivity (Wildman–Crippen MR) is 175 cm³/mol. The SMILES string of the molecule is CC1=CCC[C@@]2(C)[C@@H](CC[C@@]2(O)CSc2n[nH]c(-c3ccncc3)n2)c2ccc(cc2C(=O)C2CCCCC2)C[C@@H](O)CC1. The van der Waals surface area contributed by atoms with E-state index < -0.39 is 17.1 Å². The molecule has 0 amide bonds. The fraction of sp³-hybridized carbons (Fsp3) is 0.556. The van der Waals surface area contributed by atoms with Gasteiger partial charge in [0.1, 0.15) is 0 Å². The molecule has 234 valence electrons. The van der Waals surface area contributed by atoms with Crippen LogP contribution < -0.4 is 0 Å². The molecule has 2 fully saturated rings. The van der Waals surface area contributed by atoms with Crippen molar-refractivity contribution in [3.63, 3.8) is 0 Å². The van der Waals surface area contributed by atoms with Crippen molar-refractivity contribution in [2.24, 2.45) is 11.3 Å². The van der Waals surface area contributed by atoms with Crippen LogP contribution in [0.1, 0.15) is 112 Å². The number of aromatic nitrogens is 4. The third kappa shape index (κ3) is 6.44. The lowest BCUT2D eigenvalue weighted by molar-refractivity contribution is -0.0422. The van der Waals surface area contributed by atoms with Crippen LogP contribution in [0.4, 0.5) is 0 Å². The quantitative estimate of drug-likeness (QED) is 0.150. The van der Waals surface area contributed by atoms with Gasteiger partial charge in [0.05, 0.1) is 11.7 Å². The van der Waals surface area contributed by atoms with E-state index in [-0.39, 0.29) is 17.6 Å². The number of benzene rings is 1. The summed E-state index contributed by atoms with van der Waals surface area (Å²) in [7, 11) is 0. The molecule has 0 saturated heterocycles. The average Bonchev–Trinajstić information content (AvgIpc) is 3.62. The number of hydrogen-bond acceptors (Lipinski definition) is 7. The minimum absolute atomic E-state index is 0.0470. The molecule has 2 bridgehead atoms. The fourth-order valence-electron chi connectivity index (χ4n) is 7.91. The minimum atomic E-state index is -0.960. The summed E-state index contributed by atoms with van der Waals surface area (Å²) in [6.45, 7) is 4.39. The third-order valence-corrected chi connectivity index (χ3v) is 11.8. The number of hydrogen-bond donors (Lipinski definition) is 3. The largest absolute Gasteiger partial charge is 0.393 e. The number of fused-ring (bicyclic) bond motifs is 8. The third-order valence-electron chi connectivity index (χ3n) is 10.8. The second-order valence-electron chi connectivity index (χ2n) is 13.6. The van der Waals surface area contributed by atoms with Gasteiger partial charge in [0, 0.05) is 40.6 Å². The number of rotatable bonds is 6. The Balaban J connectivity index is 1.33. The molecule has 0 unspecified atom stereocenters. The molecule has 1 aromatic carbocycles. The number of aliphatic hydroxyl groups is 2. The fourth-order valence-corrected chi connectivity index (χ4v) is 9.02. The number of pyridine rings is 1. The Morgan fingerprint density at radius 2 is 1.86 bits per heavy atom. The highest BCUT2D eigenvalue weighted by atomic mass is 32.2. The summed E-state index contributed by atoms with van der Waals surface area (Å²) in [6, 6.07) is 10.2.